The molecule has 0 spiro atoms. The molecule has 0 aliphatic carbocycles. The van der Waals surface area contributed by atoms with Gasteiger partial charge in [0.15, 0.2) is 5.78 Å². The number of carbonyl (C=O) groups excluding carboxylic acids is 1. The largest absolute Gasteiger partial charge is 0.380 e. The fraction of sp³-hybridized carbons (Fsp3) is 0.345. The van der Waals surface area contributed by atoms with Gasteiger partial charge in [-0.1, -0.05) is 88.7 Å². The molecule has 0 atom stereocenters. The average Bonchev–Trinajstić information content (AvgIpc) is 2.88. The van der Waals surface area contributed by atoms with Gasteiger partial charge in [-0.15, -0.1) is 0 Å². The molecule has 33 heavy (non-hydrogen) atoms. The summed E-state index contributed by atoms with van der Waals surface area (Å²) in [5.41, 5.74) is 1.77. The van der Waals surface area contributed by atoms with Crippen LogP contribution in [0.5, 0.6) is 0 Å². The molecule has 1 aliphatic rings. The first-order valence-electron chi connectivity index (χ1n) is 11.9. The molecule has 0 aromatic heterocycles. The molecule has 1 heterocycles. The molecule has 4 heteroatoms. The van der Waals surface area contributed by atoms with Crippen LogP contribution in [0.1, 0.15) is 53.6 Å². The minimum absolute atomic E-state index is 0.178. The number of ketones is 1. The molecule has 1 fully saturated rings. The second-order valence-corrected chi connectivity index (χ2v) is 9.92. The molecule has 0 unspecified atom stereocenters. The van der Waals surface area contributed by atoms with E-state index in [9.17, 15) is 9.90 Å². The lowest BCUT2D eigenvalue weighted by Crippen LogP contribution is -2.44. The number of piperidine rings is 1. The normalized spacial score (nSPS) is 15.5. The summed E-state index contributed by atoms with van der Waals surface area (Å²) < 4.78 is 0.994. The van der Waals surface area contributed by atoms with E-state index < -0.39 is 5.60 Å². The van der Waals surface area contributed by atoms with Gasteiger partial charge in [-0.05, 0) is 74.5 Å². The number of carbonyl (C=O) groups is 1. The number of aliphatic hydroxyl groups is 1. The Hall–Kier alpha value is -2.27. The van der Waals surface area contributed by atoms with E-state index in [0.29, 0.717) is 6.42 Å². The molecule has 172 valence electrons. The first-order valence-corrected chi connectivity index (χ1v) is 12.7. The highest BCUT2D eigenvalue weighted by atomic mass is 79.9. The molecular formula is C29H32BrNO2. The summed E-state index contributed by atoms with van der Waals surface area (Å²) in [6, 6.07) is 27.8. The molecule has 1 aliphatic heterocycles. The Balaban J connectivity index is 1.30. The summed E-state index contributed by atoms with van der Waals surface area (Å²) in [6.45, 7) is 2.97. The highest BCUT2D eigenvalue weighted by molar-refractivity contribution is 9.10. The van der Waals surface area contributed by atoms with Gasteiger partial charge >= 0.3 is 0 Å². The maximum Gasteiger partial charge on any atom is 0.162 e. The Kier molecular flexibility index (Phi) is 8.13. The second kappa shape index (κ2) is 11.2. The molecule has 0 radical (unpaired) electrons. The number of hydrogen-bond donors (Lipinski definition) is 1. The van der Waals surface area contributed by atoms with Crippen molar-refractivity contribution in [3.8, 4) is 0 Å². The number of nitrogens with zero attached hydrogens (tertiary/aromatic N) is 1. The lowest BCUT2D eigenvalue weighted by Gasteiger charge is -2.42. The second-order valence-electron chi connectivity index (χ2n) is 9.00. The average molecular weight is 506 g/mol. The minimum atomic E-state index is -0.967. The zero-order valence-electron chi connectivity index (χ0n) is 19.0. The maximum atomic E-state index is 12.4. The molecule has 1 saturated heterocycles. The standard InChI is InChI=1S/C29H32BrNO2/c30-27-16-14-23(15-17-27)28(32)13-7-8-20-31-21-18-26(19-22-31)29(33,24-9-3-1-4-10-24)25-11-5-2-6-12-25/h1-6,9-12,14-17,26,33H,7-8,13,18-22H2. The summed E-state index contributed by atoms with van der Waals surface area (Å²) in [6.07, 6.45) is 4.44. The molecular weight excluding hydrogens is 474 g/mol. The molecule has 0 saturated carbocycles. The predicted molar refractivity (Wildman–Crippen MR) is 137 cm³/mol. The third-order valence-corrected chi connectivity index (χ3v) is 7.43. The van der Waals surface area contributed by atoms with Gasteiger partial charge in [-0.25, -0.2) is 0 Å². The molecule has 4 rings (SSSR count). The number of rotatable bonds is 9. The van der Waals surface area contributed by atoms with E-state index in [0.717, 1.165) is 66.5 Å². The van der Waals surface area contributed by atoms with Crippen molar-refractivity contribution in [2.45, 2.75) is 37.7 Å². The van der Waals surface area contributed by atoms with Crippen LogP contribution < -0.4 is 0 Å². The number of benzene rings is 3. The highest BCUT2D eigenvalue weighted by Gasteiger charge is 2.41. The van der Waals surface area contributed by atoms with Crippen molar-refractivity contribution >= 4 is 21.7 Å². The smallest absolute Gasteiger partial charge is 0.162 e. The SMILES string of the molecule is O=C(CCCCN1CCC(C(O)(c2ccccc2)c2ccccc2)CC1)c1ccc(Br)cc1. The number of halogens is 1. The van der Waals surface area contributed by atoms with Crippen molar-refractivity contribution in [2.24, 2.45) is 5.92 Å². The molecule has 3 aromatic rings. The quantitative estimate of drug-likeness (QED) is 0.268. The van der Waals surface area contributed by atoms with Crippen molar-refractivity contribution in [1.29, 1.82) is 0 Å². The van der Waals surface area contributed by atoms with Crippen LogP contribution in [0.15, 0.2) is 89.4 Å². The third-order valence-electron chi connectivity index (χ3n) is 6.90. The molecule has 3 aromatic carbocycles. The van der Waals surface area contributed by atoms with Crippen LogP contribution in [0.4, 0.5) is 0 Å². The molecule has 1 N–H and O–H groups in total. The van der Waals surface area contributed by atoms with Crippen LogP contribution in [-0.4, -0.2) is 35.4 Å². The van der Waals surface area contributed by atoms with Crippen molar-refractivity contribution in [3.63, 3.8) is 0 Å². The minimum Gasteiger partial charge on any atom is -0.380 e. The van der Waals surface area contributed by atoms with E-state index >= 15 is 0 Å². The summed E-state index contributed by atoms with van der Waals surface area (Å²) in [4.78, 5) is 14.9. The van der Waals surface area contributed by atoms with Crippen LogP contribution in [0.25, 0.3) is 0 Å². The Morgan fingerprint density at radius 3 is 1.94 bits per heavy atom. The van der Waals surface area contributed by atoms with E-state index in [4.69, 9.17) is 0 Å². The van der Waals surface area contributed by atoms with Crippen LogP contribution in [0, 0.1) is 5.92 Å². The van der Waals surface area contributed by atoms with Gasteiger partial charge in [0, 0.05) is 16.5 Å². The van der Waals surface area contributed by atoms with Crippen LogP contribution in [-0.2, 0) is 5.60 Å². The van der Waals surface area contributed by atoms with Crippen molar-refractivity contribution in [3.05, 3.63) is 106 Å². The van der Waals surface area contributed by atoms with Gasteiger partial charge < -0.3 is 10.0 Å². The van der Waals surface area contributed by atoms with Crippen LogP contribution in [0.2, 0.25) is 0 Å². The fourth-order valence-corrected chi connectivity index (χ4v) is 5.26. The van der Waals surface area contributed by atoms with E-state index in [1.165, 1.54) is 0 Å². The van der Waals surface area contributed by atoms with Crippen molar-refractivity contribution in [1.82, 2.24) is 4.90 Å². The van der Waals surface area contributed by atoms with Gasteiger partial charge in [0.25, 0.3) is 0 Å². The monoisotopic (exact) mass is 505 g/mol. The highest BCUT2D eigenvalue weighted by Crippen LogP contribution is 2.41. The van der Waals surface area contributed by atoms with E-state index in [-0.39, 0.29) is 11.7 Å². The van der Waals surface area contributed by atoms with Gasteiger partial charge in [0.2, 0.25) is 0 Å². The lowest BCUT2D eigenvalue weighted by atomic mass is 9.72. The fourth-order valence-electron chi connectivity index (χ4n) is 5.00. The van der Waals surface area contributed by atoms with E-state index in [1.807, 2.05) is 84.9 Å². The predicted octanol–water partition coefficient (Wildman–Crippen LogP) is 6.45. The first kappa shape index (κ1) is 23.9. The lowest BCUT2D eigenvalue weighted by molar-refractivity contribution is -0.0143. The Morgan fingerprint density at radius 2 is 1.39 bits per heavy atom. The van der Waals surface area contributed by atoms with Gasteiger partial charge in [-0.2, -0.15) is 0 Å². The Bertz CT molecular complexity index is 973. The molecule has 0 bridgehead atoms. The number of Topliss-reactive ketones (excluding diaryl/α,β-unsaturated/α-hetero) is 1. The number of unbranched alkanes of at least 4 members (excludes halogenated alkanes) is 1. The summed E-state index contributed by atoms with van der Waals surface area (Å²) in [7, 11) is 0. The van der Waals surface area contributed by atoms with Gasteiger partial charge in [0.05, 0.1) is 0 Å². The summed E-state index contributed by atoms with van der Waals surface area (Å²) >= 11 is 3.41. The Labute approximate surface area is 205 Å². The first-order chi connectivity index (χ1) is 16.1. The van der Waals surface area contributed by atoms with Crippen molar-refractivity contribution in [2.75, 3.05) is 19.6 Å². The maximum absolute atomic E-state index is 12.4. The zero-order valence-corrected chi connectivity index (χ0v) is 20.6. The third kappa shape index (κ3) is 5.81. The number of hydrogen-bond acceptors (Lipinski definition) is 3. The van der Waals surface area contributed by atoms with Crippen LogP contribution >= 0.6 is 15.9 Å². The van der Waals surface area contributed by atoms with Crippen LogP contribution in [0.3, 0.4) is 0 Å². The summed E-state index contributed by atoms with van der Waals surface area (Å²) in [5, 5.41) is 12.0. The van der Waals surface area contributed by atoms with Gasteiger partial charge in [-0.3, -0.25) is 4.79 Å². The molecule has 3 nitrogen and oxygen atoms in total. The Morgan fingerprint density at radius 1 is 0.848 bits per heavy atom. The van der Waals surface area contributed by atoms with E-state index in [2.05, 4.69) is 20.8 Å². The topological polar surface area (TPSA) is 40.5 Å². The van der Waals surface area contributed by atoms with Crippen molar-refractivity contribution < 1.29 is 9.90 Å². The zero-order chi connectivity index (χ0) is 23.1. The number of likely N-dealkylation sites (tertiary alicyclic amines) is 1. The van der Waals surface area contributed by atoms with Gasteiger partial charge in [0.1, 0.15) is 5.60 Å². The van der Waals surface area contributed by atoms with E-state index in [1.54, 1.807) is 0 Å². The molecule has 0 amide bonds. The summed E-state index contributed by atoms with van der Waals surface area (Å²) in [5.74, 6) is 0.398.